The Kier molecular flexibility index (Phi) is 4.63. The molecule has 0 radical (unpaired) electrons. The number of esters is 1. The number of methoxy groups -OCH3 is 1. The van der Waals surface area contributed by atoms with E-state index in [1.807, 2.05) is 6.26 Å². The minimum absolute atomic E-state index is 0.153. The van der Waals surface area contributed by atoms with Gasteiger partial charge in [0.15, 0.2) is 5.16 Å². The van der Waals surface area contributed by atoms with Gasteiger partial charge in [0.2, 0.25) is 5.91 Å². The first-order valence-corrected chi connectivity index (χ1v) is 8.81. The van der Waals surface area contributed by atoms with Gasteiger partial charge in [-0.1, -0.05) is 23.9 Å². The summed E-state index contributed by atoms with van der Waals surface area (Å²) in [7, 11) is 3.08. The first-order chi connectivity index (χ1) is 12.0. The van der Waals surface area contributed by atoms with Crippen molar-refractivity contribution in [2.75, 3.05) is 18.7 Å². The Labute approximate surface area is 148 Å². The Morgan fingerprint density at radius 2 is 2.00 bits per heavy atom. The second kappa shape index (κ2) is 6.72. The molecule has 1 aromatic carbocycles. The molecule has 130 valence electrons. The van der Waals surface area contributed by atoms with Crippen LogP contribution in [-0.2, 0) is 16.6 Å². The standard InChI is InChI=1S/C17H17N3O4S/c1-20-14-13(15(22)19-17(20)25-3)11(8-12(21)18-14)9-4-6-10(7-5-9)16(23)24-2/h4-7,11H,8H2,1-3H3,(H,18,21)/t11-/m1/s1. The number of nitrogens with zero attached hydrogens (tertiary/aromatic N) is 2. The molecule has 3 rings (SSSR count). The highest BCUT2D eigenvalue weighted by Gasteiger charge is 2.32. The molecule has 0 fully saturated rings. The number of fused-ring (bicyclic) bond motifs is 1. The van der Waals surface area contributed by atoms with Crippen molar-refractivity contribution in [1.29, 1.82) is 0 Å². The lowest BCUT2D eigenvalue weighted by Crippen LogP contribution is -2.33. The number of carbonyl (C=O) groups excluding carboxylic acids is 2. The topological polar surface area (TPSA) is 90.3 Å². The van der Waals surface area contributed by atoms with E-state index in [9.17, 15) is 14.4 Å². The van der Waals surface area contributed by atoms with Crippen LogP contribution < -0.4 is 10.9 Å². The summed E-state index contributed by atoms with van der Waals surface area (Å²) in [5.41, 5.74) is 1.31. The molecule has 0 spiro atoms. The smallest absolute Gasteiger partial charge is 0.337 e. The fourth-order valence-electron chi connectivity index (χ4n) is 2.97. The number of anilines is 1. The SMILES string of the molecule is COC(=O)c1ccc([C@H]2CC(=O)Nc3c2c(=O)nc(SC)n3C)cc1. The number of ether oxygens (including phenoxy) is 1. The summed E-state index contributed by atoms with van der Waals surface area (Å²) >= 11 is 1.34. The van der Waals surface area contributed by atoms with E-state index in [2.05, 4.69) is 15.0 Å². The number of benzene rings is 1. The van der Waals surface area contributed by atoms with Crippen LogP contribution in [0.25, 0.3) is 0 Å². The van der Waals surface area contributed by atoms with Gasteiger partial charge in [-0.25, -0.2) is 4.79 Å². The van der Waals surface area contributed by atoms with Crippen molar-refractivity contribution < 1.29 is 14.3 Å². The van der Waals surface area contributed by atoms with Gasteiger partial charge >= 0.3 is 5.97 Å². The molecule has 25 heavy (non-hydrogen) atoms. The van der Waals surface area contributed by atoms with Crippen molar-refractivity contribution in [2.24, 2.45) is 7.05 Å². The molecule has 1 amide bonds. The lowest BCUT2D eigenvalue weighted by molar-refractivity contribution is -0.116. The van der Waals surface area contributed by atoms with Gasteiger partial charge in [0.1, 0.15) is 5.82 Å². The zero-order valence-corrected chi connectivity index (χ0v) is 14.8. The van der Waals surface area contributed by atoms with Gasteiger partial charge in [-0.05, 0) is 24.0 Å². The Hall–Kier alpha value is -2.61. The summed E-state index contributed by atoms with van der Waals surface area (Å²) in [6, 6.07) is 6.73. The minimum atomic E-state index is -0.435. The maximum absolute atomic E-state index is 12.5. The molecule has 1 N–H and O–H groups in total. The normalized spacial score (nSPS) is 16.1. The number of hydrogen-bond acceptors (Lipinski definition) is 6. The Morgan fingerprint density at radius 3 is 2.60 bits per heavy atom. The Bertz CT molecular complexity index is 905. The minimum Gasteiger partial charge on any atom is -0.465 e. The molecule has 1 aliphatic heterocycles. The summed E-state index contributed by atoms with van der Waals surface area (Å²) in [6.45, 7) is 0. The van der Waals surface area contributed by atoms with Crippen LogP contribution in [0.4, 0.5) is 5.82 Å². The highest BCUT2D eigenvalue weighted by Crippen LogP contribution is 2.35. The van der Waals surface area contributed by atoms with Crippen LogP contribution in [0.5, 0.6) is 0 Å². The van der Waals surface area contributed by atoms with Gasteiger partial charge in [-0.15, -0.1) is 0 Å². The predicted octanol–water partition coefficient (Wildman–Crippen LogP) is 1.76. The van der Waals surface area contributed by atoms with E-state index in [1.54, 1.807) is 35.9 Å². The van der Waals surface area contributed by atoms with Crippen molar-refractivity contribution in [2.45, 2.75) is 17.5 Å². The molecule has 0 saturated heterocycles. The molecule has 1 aromatic heterocycles. The molecule has 0 saturated carbocycles. The number of carbonyl (C=O) groups is 2. The maximum Gasteiger partial charge on any atom is 0.337 e. The van der Waals surface area contributed by atoms with Crippen LogP contribution in [0.15, 0.2) is 34.2 Å². The lowest BCUT2D eigenvalue weighted by atomic mass is 9.86. The predicted molar refractivity (Wildman–Crippen MR) is 94.1 cm³/mol. The van der Waals surface area contributed by atoms with Crippen molar-refractivity contribution in [1.82, 2.24) is 9.55 Å². The summed E-state index contributed by atoms with van der Waals surface area (Å²) in [5, 5.41) is 3.31. The van der Waals surface area contributed by atoms with E-state index in [4.69, 9.17) is 0 Å². The maximum atomic E-state index is 12.5. The van der Waals surface area contributed by atoms with E-state index in [1.165, 1.54) is 18.9 Å². The molecule has 2 heterocycles. The van der Waals surface area contributed by atoms with E-state index >= 15 is 0 Å². The van der Waals surface area contributed by atoms with Gasteiger partial charge in [-0.2, -0.15) is 4.98 Å². The van der Waals surface area contributed by atoms with Crippen LogP contribution >= 0.6 is 11.8 Å². The third-order valence-electron chi connectivity index (χ3n) is 4.22. The van der Waals surface area contributed by atoms with Crippen LogP contribution in [0.3, 0.4) is 0 Å². The molecular weight excluding hydrogens is 342 g/mol. The third-order valence-corrected chi connectivity index (χ3v) is 4.95. The van der Waals surface area contributed by atoms with Gasteiger partial charge in [-0.3, -0.25) is 9.59 Å². The zero-order valence-electron chi connectivity index (χ0n) is 14.0. The van der Waals surface area contributed by atoms with E-state index in [0.717, 1.165) is 5.56 Å². The molecule has 2 aromatic rings. The molecule has 1 atom stereocenters. The van der Waals surface area contributed by atoms with E-state index in [-0.39, 0.29) is 17.9 Å². The first kappa shape index (κ1) is 17.2. The molecule has 1 aliphatic rings. The largest absolute Gasteiger partial charge is 0.465 e. The van der Waals surface area contributed by atoms with Gasteiger partial charge in [0, 0.05) is 19.4 Å². The number of nitrogens with one attached hydrogen (secondary N) is 1. The van der Waals surface area contributed by atoms with E-state index < -0.39 is 11.9 Å². The van der Waals surface area contributed by atoms with Crippen molar-refractivity contribution >= 4 is 29.5 Å². The first-order valence-electron chi connectivity index (χ1n) is 7.59. The van der Waals surface area contributed by atoms with Gasteiger partial charge in [0.05, 0.1) is 18.2 Å². The second-order valence-corrected chi connectivity index (χ2v) is 6.42. The summed E-state index contributed by atoms with van der Waals surface area (Å²) in [5.74, 6) is -0.529. The highest BCUT2D eigenvalue weighted by molar-refractivity contribution is 7.98. The fraction of sp³-hybridized carbons (Fsp3) is 0.294. The fourth-order valence-corrected chi connectivity index (χ4v) is 3.51. The summed E-state index contributed by atoms with van der Waals surface area (Å²) in [6.07, 6.45) is 1.97. The average molecular weight is 359 g/mol. The summed E-state index contributed by atoms with van der Waals surface area (Å²) < 4.78 is 6.40. The molecule has 0 unspecified atom stereocenters. The Balaban J connectivity index is 2.11. The molecular formula is C17H17N3O4S. The summed E-state index contributed by atoms with van der Waals surface area (Å²) in [4.78, 5) is 40.4. The number of amides is 1. The number of rotatable bonds is 3. The zero-order chi connectivity index (χ0) is 18.1. The number of thioether (sulfide) groups is 1. The number of aromatic nitrogens is 2. The van der Waals surface area contributed by atoms with Crippen molar-refractivity contribution in [3.8, 4) is 0 Å². The van der Waals surface area contributed by atoms with Crippen molar-refractivity contribution in [3.63, 3.8) is 0 Å². The molecule has 0 aliphatic carbocycles. The average Bonchev–Trinajstić information content (AvgIpc) is 2.63. The van der Waals surface area contributed by atoms with Crippen LogP contribution in [-0.4, -0.2) is 34.8 Å². The lowest BCUT2D eigenvalue weighted by Gasteiger charge is -2.27. The third kappa shape index (κ3) is 3.05. The Morgan fingerprint density at radius 1 is 1.32 bits per heavy atom. The molecule has 7 nitrogen and oxygen atoms in total. The number of hydrogen-bond donors (Lipinski definition) is 1. The van der Waals surface area contributed by atoms with Crippen LogP contribution in [0.2, 0.25) is 0 Å². The highest BCUT2D eigenvalue weighted by atomic mass is 32.2. The van der Waals surface area contributed by atoms with Gasteiger partial charge < -0.3 is 14.6 Å². The molecule has 0 bridgehead atoms. The second-order valence-electron chi connectivity index (χ2n) is 5.64. The van der Waals surface area contributed by atoms with Crippen LogP contribution in [0.1, 0.15) is 33.8 Å². The van der Waals surface area contributed by atoms with Crippen LogP contribution in [0, 0.1) is 0 Å². The quantitative estimate of drug-likeness (QED) is 0.510. The van der Waals surface area contributed by atoms with E-state index in [0.29, 0.717) is 22.1 Å². The monoisotopic (exact) mass is 359 g/mol. The molecule has 8 heteroatoms. The van der Waals surface area contributed by atoms with Crippen molar-refractivity contribution in [3.05, 3.63) is 51.3 Å². The van der Waals surface area contributed by atoms with Gasteiger partial charge in [0.25, 0.3) is 5.56 Å².